The summed E-state index contributed by atoms with van der Waals surface area (Å²) >= 11 is 0. The number of hydrogen-bond donors (Lipinski definition) is 0. The van der Waals surface area contributed by atoms with Crippen molar-refractivity contribution in [2.75, 3.05) is 4.90 Å². The number of nitriles is 1. The summed E-state index contributed by atoms with van der Waals surface area (Å²) < 4.78 is 0. The first-order chi connectivity index (χ1) is 27.1. The third-order valence-corrected chi connectivity index (χ3v) is 10.1. The maximum Gasteiger partial charge on any atom is 0.0991 e. The lowest BCUT2D eigenvalue weighted by Crippen LogP contribution is -2.10. The van der Waals surface area contributed by atoms with E-state index in [1.54, 1.807) is 0 Å². The maximum absolute atomic E-state index is 9.32. The molecule has 10 aromatic rings. The Morgan fingerprint density at radius 3 is 1.33 bits per heavy atom. The van der Waals surface area contributed by atoms with Gasteiger partial charge in [-0.2, -0.15) is 5.26 Å². The molecule has 10 rings (SSSR count). The van der Waals surface area contributed by atoms with Crippen LogP contribution in [0.15, 0.2) is 182 Å². The van der Waals surface area contributed by atoms with Crippen molar-refractivity contribution in [2.45, 2.75) is 0 Å². The molecule has 0 saturated heterocycles. The summed E-state index contributed by atoms with van der Waals surface area (Å²) in [5, 5.41) is 13.8. The quantitative estimate of drug-likeness (QED) is 0.172. The molecule has 256 valence electrons. The van der Waals surface area contributed by atoms with Crippen LogP contribution in [0.4, 0.5) is 17.1 Å². The van der Waals surface area contributed by atoms with Crippen molar-refractivity contribution in [1.29, 1.82) is 5.26 Å². The molecule has 0 atom stereocenters. The Balaban J connectivity index is 1.02. The summed E-state index contributed by atoms with van der Waals surface area (Å²) in [6.45, 7) is 0. The molecule has 0 bridgehead atoms. The first-order valence-corrected chi connectivity index (χ1v) is 18.1. The predicted octanol–water partition coefficient (Wildman–Crippen LogP) is 12.2. The third kappa shape index (κ3) is 6.06. The molecule has 0 N–H and O–H groups in total. The van der Waals surface area contributed by atoms with Gasteiger partial charge in [-0.25, -0.2) is 9.97 Å². The van der Waals surface area contributed by atoms with Gasteiger partial charge in [0, 0.05) is 28.2 Å². The largest absolute Gasteiger partial charge is 0.310 e. The molecular weight excluding hydrogens is 673 g/mol. The highest BCUT2D eigenvalue weighted by molar-refractivity contribution is 5.94. The number of aromatic nitrogens is 4. The SMILES string of the molecule is N#Cc1ccc2cc(-c3ccc4cc(N(c5ccc(-c6cnc7ccccc7n6)cc5)c5ccc(-c6cnc7ccccc7n6)cc5)ccc4c3)ccc2c1. The molecule has 0 spiro atoms. The average molecular weight is 703 g/mol. The van der Waals surface area contributed by atoms with E-state index in [9.17, 15) is 5.26 Å². The van der Waals surface area contributed by atoms with Crippen LogP contribution >= 0.6 is 0 Å². The molecular formula is C49H30N6. The van der Waals surface area contributed by atoms with Crippen LogP contribution in [0.2, 0.25) is 0 Å². The highest BCUT2D eigenvalue weighted by atomic mass is 15.1. The van der Waals surface area contributed by atoms with Gasteiger partial charge in [0.05, 0.1) is 57.5 Å². The molecule has 8 aromatic carbocycles. The van der Waals surface area contributed by atoms with Gasteiger partial charge in [0.25, 0.3) is 0 Å². The highest BCUT2D eigenvalue weighted by Crippen LogP contribution is 2.39. The van der Waals surface area contributed by atoms with E-state index in [4.69, 9.17) is 9.97 Å². The van der Waals surface area contributed by atoms with Crippen LogP contribution in [0.3, 0.4) is 0 Å². The Kier molecular flexibility index (Phi) is 7.75. The molecule has 0 aliphatic carbocycles. The van der Waals surface area contributed by atoms with Gasteiger partial charge in [0.2, 0.25) is 0 Å². The van der Waals surface area contributed by atoms with E-state index in [-0.39, 0.29) is 0 Å². The van der Waals surface area contributed by atoms with Crippen LogP contribution in [0.25, 0.3) is 77.3 Å². The highest BCUT2D eigenvalue weighted by Gasteiger charge is 2.15. The van der Waals surface area contributed by atoms with E-state index in [0.717, 1.165) is 94.3 Å². The lowest BCUT2D eigenvalue weighted by Gasteiger charge is -2.26. The number of hydrogen-bond acceptors (Lipinski definition) is 6. The second-order valence-corrected chi connectivity index (χ2v) is 13.6. The van der Waals surface area contributed by atoms with Gasteiger partial charge in [-0.1, -0.05) is 84.9 Å². The molecule has 2 aromatic heterocycles. The summed E-state index contributed by atoms with van der Waals surface area (Å²) in [7, 11) is 0. The van der Waals surface area contributed by atoms with Crippen molar-refractivity contribution in [2.24, 2.45) is 0 Å². The first-order valence-electron chi connectivity index (χ1n) is 18.1. The lowest BCUT2D eigenvalue weighted by molar-refractivity contribution is 1.27. The summed E-state index contributed by atoms with van der Waals surface area (Å²) in [5.41, 5.74) is 13.2. The zero-order valence-corrected chi connectivity index (χ0v) is 29.5. The van der Waals surface area contributed by atoms with Crippen LogP contribution in [0.5, 0.6) is 0 Å². The minimum absolute atomic E-state index is 0.668. The van der Waals surface area contributed by atoms with Crippen molar-refractivity contribution in [1.82, 2.24) is 19.9 Å². The van der Waals surface area contributed by atoms with Crippen LogP contribution in [-0.4, -0.2) is 19.9 Å². The predicted molar refractivity (Wildman–Crippen MR) is 223 cm³/mol. The molecule has 6 nitrogen and oxygen atoms in total. The van der Waals surface area contributed by atoms with Gasteiger partial charge in [-0.15, -0.1) is 0 Å². The number of benzene rings is 8. The van der Waals surface area contributed by atoms with Crippen LogP contribution in [0, 0.1) is 11.3 Å². The van der Waals surface area contributed by atoms with Gasteiger partial charge in [0.15, 0.2) is 0 Å². The normalized spacial score (nSPS) is 11.3. The fourth-order valence-corrected chi connectivity index (χ4v) is 7.25. The van der Waals surface area contributed by atoms with Gasteiger partial charge in [0.1, 0.15) is 0 Å². The van der Waals surface area contributed by atoms with Gasteiger partial charge in [-0.3, -0.25) is 9.97 Å². The lowest BCUT2D eigenvalue weighted by atomic mass is 9.97. The summed E-state index contributed by atoms with van der Waals surface area (Å²) in [5.74, 6) is 0. The molecule has 55 heavy (non-hydrogen) atoms. The van der Waals surface area contributed by atoms with Crippen molar-refractivity contribution in [3.05, 3.63) is 188 Å². The summed E-state index contributed by atoms with van der Waals surface area (Å²) in [4.78, 5) is 21.3. The third-order valence-electron chi connectivity index (χ3n) is 10.1. The molecule has 0 saturated carbocycles. The molecule has 0 unspecified atom stereocenters. The topological polar surface area (TPSA) is 78.6 Å². The van der Waals surface area contributed by atoms with E-state index in [2.05, 4.69) is 124 Å². The number of nitrogens with zero attached hydrogens (tertiary/aromatic N) is 6. The average Bonchev–Trinajstić information content (AvgIpc) is 3.26. The molecule has 0 radical (unpaired) electrons. The second-order valence-electron chi connectivity index (χ2n) is 13.6. The zero-order valence-electron chi connectivity index (χ0n) is 29.5. The number of para-hydroxylation sites is 4. The van der Waals surface area contributed by atoms with Gasteiger partial charge < -0.3 is 4.90 Å². The van der Waals surface area contributed by atoms with Crippen molar-refractivity contribution in [3.63, 3.8) is 0 Å². The monoisotopic (exact) mass is 702 g/mol. The first kappa shape index (κ1) is 31.9. The van der Waals surface area contributed by atoms with E-state index in [1.807, 2.05) is 79.1 Å². The van der Waals surface area contributed by atoms with E-state index in [0.29, 0.717) is 5.56 Å². The minimum atomic E-state index is 0.668. The van der Waals surface area contributed by atoms with E-state index >= 15 is 0 Å². The number of anilines is 3. The van der Waals surface area contributed by atoms with Crippen LogP contribution < -0.4 is 4.90 Å². The van der Waals surface area contributed by atoms with Gasteiger partial charge >= 0.3 is 0 Å². The number of rotatable bonds is 6. The molecule has 2 heterocycles. The smallest absolute Gasteiger partial charge is 0.0991 e. The Bertz CT molecular complexity index is 2990. The van der Waals surface area contributed by atoms with Crippen LogP contribution in [0.1, 0.15) is 5.56 Å². The van der Waals surface area contributed by atoms with Crippen molar-refractivity contribution >= 4 is 60.7 Å². The molecule has 0 aliphatic rings. The molecule has 6 heteroatoms. The summed E-state index contributed by atoms with van der Waals surface area (Å²) in [6, 6.07) is 60.6. The van der Waals surface area contributed by atoms with Crippen LogP contribution in [-0.2, 0) is 0 Å². The Hall–Kier alpha value is -7.75. The standard InChI is InChI=1S/C49H30N6/c50-29-32-9-10-36-26-37(12-11-35(36)25-32)38-13-14-40-28-43(24-19-39(40)27-38)55(41-20-15-33(16-21-41)48-30-51-44-5-1-3-7-46(44)53-48)42-22-17-34(18-23-42)49-31-52-45-6-2-4-8-47(45)54-49/h1-28,30-31H. The van der Waals surface area contributed by atoms with Crippen molar-refractivity contribution in [3.8, 4) is 39.7 Å². The Labute approximate surface area is 317 Å². The van der Waals surface area contributed by atoms with Crippen molar-refractivity contribution < 1.29 is 0 Å². The summed E-state index contributed by atoms with van der Waals surface area (Å²) in [6.07, 6.45) is 3.67. The molecule has 0 aliphatic heterocycles. The van der Waals surface area contributed by atoms with E-state index < -0.39 is 0 Å². The molecule has 0 amide bonds. The Morgan fingerprint density at radius 2 is 0.800 bits per heavy atom. The maximum atomic E-state index is 9.32. The zero-order chi connectivity index (χ0) is 36.7. The fraction of sp³-hybridized carbons (Fsp3) is 0. The number of fused-ring (bicyclic) bond motifs is 4. The fourth-order valence-electron chi connectivity index (χ4n) is 7.25. The van der Waals surface area contributed by atoms with E-state index in [1.165, 1.54) is 0 Å². The second kappa shape index (κ2) is 13.3. The molecule has 0 fully saturated rings. The minimum Gasteiger partial charge on any atom is -0.310 e. The Morgan fingerprint density at radius 1 is 0.382 bits per heavy atom. The van der Waals surface area contributed by atoms with Gasteiger partial charge in [-0.05, 0) is 118 Å².